The molecule has 42 heavy (non-hydrogen) atoms. The molecule has 2 aromatic rings. The van der Waals surface area contributed by atoms with Crippen LogP contribution in [0.15, 0.2) is 59.7 Å². The molecule has 10 nitrogen and oxygen atoms in total. The summed E-state index contributed by atoms with van der Waals surface area (Å²) in [7, 11) is 3.02. The van der Waals surface area contributed by atoms with E-state index in [1.54, 1.807) is 18.1 Å². The van der Waals surface area contributed by atoms with Crippen molar-refractivity contribution in [3.8, 4) is 17.2 Å². The van der Waals surface area contributed by atoms with E-state index < -0.39 is 24.2 Å². The number of halogens is 1. The highest BCUT2D eigenvalue weighted by atomic mass is 127. The van der Waals surface area contributed by atoms with Crippen molar-refractivity contribution in [2.45, 2.75) is 44.9 Å². The van der Waals surface area contributed by atoms with Crippen LogP contribution in [0, 0.1) is 3.57 Å². The van der Waals surface area contributed by atoms with Crippen molar-refractivity contribution in [3.05, 3.63) is 74.4 Å². The minimum atomic E-state index is -1.22. The van der Waals surface area contributed by atoms with Gasteiger partial charge in [0, 0.05) is 36.7 Å². The standard InChI is InChI=1S/C31H37IN2O8/c1-19(2)12-28(37)34(10-8-20-6-5-7-23(13-20)40-3)25-16-22(31(39)33-9-11-35)17-26(29(25)38)42-30-24(32)14-21(18-36)15-27(30)41-4/h5-7,12-15,17-18,25-26,29,35,38H,8-11,16H2,1-4H3,(H,33,39). The smallest absolute Gasteiger partial charge is 0.247 e. The number of methoxy groups -OCH3 is 2. The van der Waals surface area contributed by atoms with Crippen molar-refractivity contribution in [1.82, 2.24) is 10.2 Å². The monoisotopic (exact) mass is 692 g/mol. The molecule has 0 saturated heterocycles. The number of benzene rings is 2. The Labute approximate surface area is 259 Å². The topological polar surface area (TPSA) is 135 Å². The molecule has 2 aromatic carbocycles. The molecule has 1 aliphatic carbocycles. The maximum atomic E-state index is 13.5. The van der Waals surface area contributed by atoms with E-state index in [1.807, 2.05) is 60.7 Å². The predicted octanol–water partition coefficient (Wildman–Crippen LogP) is 3.07. The summed E-state index contributed by atoms with van der Waals surface area (Å²) in [6.45, 7) is 3.68. The summed E-state index contributed by atoms with van der Waals surface area (Å²) in [6.07, 6.45) is 2.01. The molecule has 0 fully saturated rings. The minimum absolute atomic E-state index is 0.0457. The molecular formula is C31H37IN2O8. The summed E-state index contributed by atoms with van der Waals surface area (Å²) >= 11 is 2.01. The number of hydrogen-bond donors (Lipinski definition) is 3. The lowest BCUT2D eigenvalue weighted by Crippen LogP contribution is -2.55. The van der Waals surface area contributed by atoms with E-state index >= 15 is 0 Å². The molecule has 3 unspecified atom stereocenters. The van der Waals surface area contributed by atoms with E-state index in [0.29, 0.717) is 38.9 Å². The number of nitrogens with one attached hydrogen (secondary N) is 1. The Bertz CT molecular complexity index is 1340. The molecule has 0 saturated carbocycles. The second kappa shape index (κ2) is 15.7. The van der Waals surface area contributed by atoms with Crippen molar-refractivity contribution in [2.75, 3.05) is 33.9 Å². The second-order valence-electron chi connectivity index (χ2n) is 10.0. The van der Waals surface area contributed by atoms with Crippen LogP contribution in [0.1, 0.15) is 36.2 Å². The summed E-state index contributed by atoms with van der Waals surface area (Å²) < 4.78 is 17.6. The van der Waals surface area contributed by atoms with Gasteiger partial charge >= 0.3 is 0 Å². The van der Waals surface area contributed by atoms with Gasteiger partial charge in [-0.25, -0.2) is 0 Å². The first kappa shape index (κ1) is 33.1. The zero-order chi connectivity index (χ0) is 30.8. The Morgan fingerprint density at radius 2 is 1.93 bits per heavy atom. The Balaban J connectivity index is 2.02. The SMILES string of the molecule is COc1cccc(CCN(C(=O)C=C(C)C)C2CC(C(=O)NCCO)=CC(Oc3c(I)cc(C=O)cc3OC)C2O)c1. The van der Waals surface area contributed by atoms with Gasteiger partial charge in [-0.2, -0.15) is 0 Å². The third kappa shape index (κ3) is 8.55. The largest absolute Gasteiger partial charge is 0.497 e. The fraction of sp³-hybridized carbons (Fsp3) is 0.387. The van der Waals surface area contributed by atoms with E-state index in [0.717, 1.165) is 11.1 Å². The van der Waals surface area contributed by atoms with Crippen LogP contribution in [0.5, 0.6) is 17.2 Å². The number of amides is 2. The van der Waals surface area contributed by atoms with Gasteiger partial charge in [0.25, 0.3) is 0 Å². The number of nitrogens with zero attached hydrogens (tertiary/aromatic N) is 1. The van der Waals surface area contributed by atoms with Gasteiger partial charge in [0.05, 0.1) is 30.4 Å². The van der Waals surface area contributed by atoms with E-state index in [2.05, 4.69) is 5.32 Å². The Kier molecular flexibility index (Phi) is 12.4. The highest BCUT2D eigenvalue weighted by Crippen LogP contribution is 2.37. The first-order valence-electron chi connectivity index (χ1n) is 13.5. The third-order valence-corrected chi connectivity index (χ3v) is 7.53. The molecular weight excluding hydrogens is 655 g/mol. The quantitative estimate of drug-likeness (QED) is 0.166. The minimum Gasteiger partial charge on any atom is -0.497 e. The van der Waals surface area contributed by atoms with Crippen LogP contribution in [0.4, 0.5) is 0 Å². The van der Waals surface area contributed by atoms with Gasteiger partial charge < -0.3 is 34.6 Å². The summed E-state index contributed by atoms with van der Waals surface area (Å²) in [5.74, 6) is 0.526. The van der Waals surface area contributed by atoms with Crippen LogP contribution in [0.2, 0.25) is 0 Å². The normalized spacial score (nSPS) is 17.9. The van der Waals surface area contributed by atoms with Crippen LogP contribution in [-0.2, 0) is 16.0 Å². The molecule has 226 valence electrons. The van der Waals surface area contributed by atoms with Crippen LogP contribution in [0.25, 0.3) is 0 Å². The number of allylic oxidation sites excluding steroid dienone is 1. The van der Waals surface area contributed by atoms with Gasteiger partial charge in [0.2, 0.25) is 11.8 Å². The maximum Gasteiger partial charge on any atom is 0.247 e. The summed E-state index contributed by atoms with van der Waals surface area (Å²) in [6, 6.07) is 9.85. The van der Waals surface area contributed by atoms with Gasteiger partial charge in [0.1, 0.15) is 24.2 Å². The first-order valence-corrected chi connectivity index (χ1v) is 14.5. The lowest BCUT2D eigenvalue weighted by molar-refractivity contribution is -0.133. The number of aliphatic hydroxyl groups is 2. The van der Waals surface area contributed by atoms with E-state index in [-0.39, 0.29) is 37.8 Å². The van der Waals surface area contributed by atoms with Gasteiger partial charge in [-0.05, 0) is 78.8 Å². The zero-order valence-corrected chi connectivity index (χ0v) is 26.3. The van der Waals surface area contributed by atoms with E-state index in [9.17, 15) is 24.6 Å². The average Bonchev–Trinajstić information content (AvgIpc) is 2.97. The van der Waals surface area contributed by atoms with Crippen molar-refractivity contribution in [2.24, 2.45) is 0 Å². The Morgan fingerprint density at radius 3 is 2.57 bits per heavy atom. The average molecular weight is 693 g/mol. The molecule has 0 aromatic heterocycles. The van der Waals surface area contributed by atoms with Crippen molar-refractivity contribution in [1.29, 1.82) is 0 Å². The van der Waals surface area contributed by atoms with Crippen molar-refractivity contribution < 1.29 is 38.8 Å². The van der Waals surface area contributed by atoms with Gasteiger partial charge in [-0.1, -0.05) is 17.7 Å². The Morgan fingerprint density at radius 1 is 1.17 bits per heavy atom. The van der Waals surface area contributed by atoms with E-state index in [1.165, 1.54) is 25.3 Å². The van der Waals surface area contributed by atoms with Gasteiger partial charge in [0.15, 0.2) is 11.5 Å². The highest BCUT2D eigenvalue weighted by Gasteiger charge is 2.40. The van der Waals surface area contributed by atoms with E-state index in [4.69, 9.17) is 14.2 Å². The fourth-order valence-electron chi connectivity index (χ4n) is 4.68. The molecule has 3 rings (SSSR count). The highest BCUT2D eigenvalue weighted by molar-refractivity contribution is 14.1. The summed E-state index contributed by atoms with van der Waals surface area (Å²) in [4.78, 5) is 39.6. The number of ether oxygens (including phenoxy) is 3. The number of aliphatic hydroxyl groups excluding tert-OH is 2. The number of carbonyl (C=O) groups excluding carboxylic acids is 3. The molecule has 3 atom stereocenters. The van der Waals surface area contributed by atoms with Crippen LogP contribution in [-0.4, -0.2) is 85.4 Å². The molecule has 0 aliphatic heterocycles. The van der Waals surface area contributed by atoms with Crippen molar-refractivity contribution >= 4 is 40.7 Å². The predicted molar refractivity (Wildman–Crippen MR) is 166 cm³/mol. The molecule has 0 bridgehead atoms. The molecule has 0 spiro atoms. The molecule has 0 heterocycles. The number of carbonyl (C=O) groups is 3. The lowest BCUT2D eigenvalue weighted by atomic mass is 9.87. The number of aldehydes is 1. The molecule has 2 amide bonds. The van der Waals surface area contributed by atoms with Gasteiger partial charge in [-0.3, -0.25) is 14.4 Å². The fourth-order valence-corrected chi connectivity index (χ4v) is 5.44. The summed E-state index contributed by atoms with van der Waals surface area (Å²) in [5, 5.41) is 23.6. The van der Waals surface area contributed by atoms with Crippen LogP contribution < -0.4 is 19.5 Å². The zero-order valence-electron chi connectivity index (χ0n) is 24.1. The van der Waals surface area contributed by atoms with Crippen LogP contribution >= 0.6 is 22.6 Å². The molecule has 11 heteroatoms. The van der Waals surface area contributed by atoms with Crippen LogP contribution in [0.3, 0.4) is 0 Å². The Hall–Kier alpha value is -3.42. The molecule has 0 radical (unpaired) electrons. The lowest BCUT2D eigenvalue weighted by Gasteiger charge is -2.40. The summed E-state index contributed by atoms with van der Waals surface area (Å²) in [5.41, 5.74) is 2.42. The third-order valence-electron chi connectivity index (χ3n) is 6.73. The van der Waals surface area contributed by atoms with Crippen molar-refractivity contribution in [3.63, 3.8) is 0 Å². The van der Waals surface area contributed by atoms with Gasteiger partial charge in [-0.15, -0.1) is 0 Å². The second-order valence-corrected chi connectivity index (χ2v) is 11.2. The molecule has 1 aliphatic rings. The maximum absolute atomic E-state index is 13.5. The first-order chi connectivity index (χ1) is 20.1. The number of rotatable bonds is 13. The number of hydrogen-bond acceptors (Lipinski definition) is 8. The molecule has 3 N–H and O–H groups in total.